The predicted molar refractivity (Wildman–Crippen MR) is 97.6 cm³/mol. The molecule has 2 N–H and O–H groups in total. The summed E-state index contributed by atoms with van der Waals surface area (Å²) in [6.07, 6.45) is 3.11. The smallest absolute Gasteiger partial charge is 0.255 e. The monoisotopic (exact) mass is 373 g/mol. The number of hydrogen-bond donors (Lipinski definition) is 2. The quantitative estimate of drug-likeness (QED) is 0.580. The summed E-state index contributed by atoms with van der Waals surface area (Å²) in [7, 11) is 1.49. The molecule has 0 unspecified atom stereocenters. The number of rotatable bonds is 5. The van der Waals surface area contributed by atoms with Crippen LogP contribution in [-0.2, 0) is 14.4 Å². The van der Waals surface area contributed by atoms with Gasteiger partial charge in [0.2, 0.25) is 11.8 Å². The van der Waals surface area contributed by atoms with Crippen molar-refractivity contribution in [2.75, 3.05) is 25.1 Å². The van der Waals surface area contributed by atoms with E-state index in [1.807, 2.05) is 6.07 Å². The van der Waals surface area contributed by atoms with Crippen molar-refractivity contribution in [2.24, 2.45) is 5.92 Å². The molecule has 0 aliphatic carbocycles. The molecule has 1 aromatic rings. The van der Waals surface area contributed by atoms with Crippen LogP contribution in [0.5, 0.6) is 5.75 Å². The van der Waals surface area contributed by atoms with Gasteiger partial charge in [0.05, 0.1) is 12.7 Å². The van der Waals surface area contributed by atoms with Crippen molar-refractivity contribution in [1.29, 1.82) is 0 Å². The van der Waals surface area contributed by atoms with E-state index in [1.54, 1.807) is 12.1 Å². The molecule has 2 saturated heterocycles. The standard InChI is InChI=1S/C19H23N3O5/c1-27-16-10-13(22-8-6-12(11-23)7-9-22)2-3-14(16)18(25)20-15-4-5-17(24)21-19(15)26/h2-3,10-12,15H,4-9H2,1H3,(H,20,25)(H,21,24,26)/t15-/m0/s1. The van der Waals surface area contributed by atoms with Gasteiger partial charge in [0.25, 0.3) is 5.91 Å². The lowest BCUT2D eigenvalue weighted by atomic mass is 9.98. The van der Waals surface area contributed by atoms with Crippen LogP contribution in [0.3, 0.4) is 0 Å². The zero-order valence-corrected chi connectivity index (χ0v) is 15.2. The number of carbonyl (C=O) groups excluding carboxylic acids is 4. The third-order valence-corrected chi connectivity index (χ3v) is 5.07. The minimum Gasteiger partial charge on any atom is -0.496 e. The normalized spacial score (nSPS) is 20.8. The summed E-state index contributed by atoms with van der Waals surface area (Å²) in [6.45, 7) is 1.54. The molecule has 1 aromatic carbocycles. The van der Waals surface area contributed by atoms with Crippen molar-refractivity contribution < 1.29 is 23.9 Å². The van der Waals surface area contributed by atoms with E-state index < -0.39 is 17.9 Å². The summed E-state index contributed by atoms with van der Waals surface area (Å²) in [5, 5.41) is 4.88. The SMILES string of the molecule is COc1cc(N2CCC(C=O)CC2)ccc1C(=O)N[C@H]1CCC(=O)NC1=O. The van der Waals surface area contributed by atoms with E-state index >= 15 is 0 Å². The van der Waals surface area contributed by atoms with Crippen LogP contribution in [0, 0.1) is 5.92 Å². The Morgan fingerprint density at radius 1 is 1.26 bits per heavy atom. The Morgan fingerprint density at radius 2 is 2.00 bits per heavy atom. The van der Waals surface area contributed by atoms with E-state index in [4.69, 9.17) is 4.74 Å². The molecule has 8 nitrogen and oxygen atoms in total. The largest absolute Gasteiger partial charge is 0.496 e. The number of hydrogen-bond acceptors (Lipinski definition) is 6. The van der Waals surface area contributed by atoms with Crippen LogP contribution < -0.4 is 20.3 Å². The average Bonchev–Trinajstić information content (AvgIpc) is 2.69. The second kappa shape index (κ2) is 8.20. The van der Waals surface area contributed by atoms with Crippen LogP contribution in [0.2, 0.25) is 0 Å². The lowest BCUT2D eigenvalue weighted by Gasteiger charge is -2.32. The molecule has 1 atom stereocenters. The molecule has 0 saturated carbocycles. The van der Waals surface area contributed by atoms with E-state index in [9.17, 15) is 19.2 Å². The van der Waals surface area contributed by atoms with Gasteiger partial charge in [-0.2, -0.15) is 0 Å². The van der Waals surface area contributed by atoms with Crippen molar-refractivity contribution >= 4 is 29.7 Å². The number of aldehydes is 1. The Balaban J connectivity index is 1.70. The molecule has 0 bridgehead atoms. The minimum atomic E-state index is -0.734. The van der Waals surface area contributed by atoms with Gasteiger partial charge in [-0.15, -0.1) is 0 Å². The fraction of sp³-hybridized carbons (Fsp3) is 0.474. The number of imide groups is 1. The van der Waals surface area contributed by atoms with Crippen LogP contribution in [0.1, 0.15) is 36.0 Å². The van der Waals surface area contributed by atoms with E-state index in [0.29, 0.717) is 11.3 Å². The first-order valence-electron chi connectivity index (χ1n) is 9.04. The zero-order chi connectivity index (χ0) is 19.4. The van der Waals surface area contributed by atoms with Gasteiger partial charge < -0.3 is 19.7 Å². The van der Waals surface area contributed by atoms with Crippen molar-refractivity contribution in [2.45, 2.75) is 31.7 Å². The van der Waals surface area contributed by atoms with Gasteiger partial charge in [-0.1, -0.05) is 0 Å². The second-order valence-electron chi connectivity index (χ2n) is 6.82. The fourth-order valence-electron chi connectivity index (χ4n) is 3.43. The number of nitrogens with zero attached hydrogens (tertiary/aromatic N) is 1. The number of nitrogens with one attached hydrogen (secondary N) is 2. The van der Waals surface area contributed by atoms with Crippen LogP contribution in [-0.4, -0.2) is 50.2 Å². The number of ether oxygens (including phenoxy) is 1. The van der Waals surface area contributed by atoms with Crippen LogP contribution in [0.25, 0.3) is 0 Å². The second-order valence-corrected chi connectivity index (χ2v) is 6.82. The van der Waals surface area contributed by atoms with Gasteiger partial charge in [0.1, 0.15) is 18.1 Å². The molecule has 27 heavy (non-hydrogen) atoms. The highest BCUT2D eigenvalue weighted by atomic mass is 16.5. The molecule has 3 amide bonds. The van der Waals surface area contributed by atoms with E-state index in [-0.39, 0.29) is 24.7 Å². The van der Waals surface area contributed by atoms with E-state index in [2.05, 4.69) is 15.5 Å². The number of methoxy groups -OCH3 is 1. The van der Waals surface area contributed by atoms with Crippen molar-refractivity contribution in [3.63, 3.8) is 0 Å². The summed E-state index contributed by atoms with van der Waals surface area (Å²) >= 11 is 0. The third-order valence-electron chi connectivity index (χ3n) is 5.07. The molecular formula is C19H23N3O5. The molecule has 2 fully saturated rings. The summed E-state index contributed by atoms with van der Waals surface area (Å²) in [5.41, 5.74) is 1.25. The molecular weight excluding hydrogens is 350 g/mol. The molecule has 3 rings (SSSR count). The lowest BCUT2D eigenvalue weighted by Crippen LogP contribution is -2.52. The Hall–Kier alpha value is -2.90. The number of benzene rings is 1. The van der Waals surface area contributed by atoms with Gasteiger partial charge in [0.15, 0.2) is 0 Å². The van der Waals surface area contributed by atoms with Crippen molar-refractivity contribution in [3.8, 4) is 5.75 Å². The van der Waals surface area contributed by atoms with Crippen LogP contribution >= 0.6 is 0 Å². The molecule has 2 heterocycles. The van der Waals surface area contributed by atoms with Gasteiger partial charge >= 0.3 is 0 Å². The Kier molecular flexibility index (Phi) is 5.73. The minimum absolute atomic E-state index is 0.113. The lowest BCUT2D eigenvalue weighted by molar-refractivity contribution is -0.134. The molecule has 2 aliphatic rings. The predicted octanol–water partition coefficient (Wildman–Crippen LogP) is 0.645. The molecule has 0 radical (unpaired) electrons. The van der Waals surface area contributed by atoms with E-state index in [1.165, 1.54) is 7.11 Å². The number of anilines is 1. The molecule has 8 heteroatoms. The topological polar surface area (TPSA) is 105 Å². The number of carbonyl (C=O) groups is 4. The Bertz CT molecular complexity index is 756. The first-order valence-corrected chi connectivity index (χ1v) is 9.04. The summed E-state index contributed by atoms with van der Waals surface area (Å²) in [6, 6.07) is 4.56. The average molecular weight is 373 g/mol. The summed E-state index contributed by atoms with van der Waals surface area (Å²) in [4.78, 5) is 48.7. The maximum absolute atomic E-state index is 12.6. The fourth-order valence-corrected chi connectivity index (χ4v) is 3.43. The number of piperidine rings is 2. The third kappa shape index (κ3) is 4.27. The molecule has 2 aliphatic heterocycles. The van der Waals surface area contributed by atoms with Crippen molar-refractivity contribution in [1.82, 2.24) is 10.6 Å². The van der Waals surface area contributed by atoms with Gasteiger partial charge in [-0.3, -0.25) is 19.7 Å². The molecule has 0 spiro atoms. The molecule has 0 aromatic heterocycles. The number of amides is 3. The van der Waals surface area contributed by atoms with E-state index in [0.717, 1.165) is 37.9 Å². The Morgan fingerprint density at radius 3 is 2.63 bits per heavy atom. The van der Waals surface area contributed by atoms with Gasteiger partial charge in [-0.05, 0) is 31.4 Å². The highest BCUT2D eigenvalue weighted by Gasteiger charge is 2.29. The highest BCUT2D eigenvalue weighted by molar-refractivity contribution is 6.04. The van der Waals surface area contributed by atoms with Gasteiger partial charge in [0, 0.05) is 37.2 Å². The summed E-state index contributed by atoms with van der Waals surface area (Å²) < 4.78 is 5.37. The first kappa shape index (κ1) is 18.9. The maximum Gasteiger partial charge on any atom is 0.255 e. The van der Waals surface area contributed by atoms with Crippen LogP contribution in [0.15, 0.2) is 18.2 Å². The van der Waals surface area contributed by atoms with Crippen LogP contribution in [0.4, 0.5) is 5.69 Å². The first-order chi connectivity index (χ1) is 13.0. The highest BCUT2D eigenvalue weighted by Crippen LogP contribution is 2.28. The Labute approximate surface area is 157 Å². The summed E-state index contributed by atoms with van der Waals surface area (Å²) in [5.74, 6) is -0.719. The zero-order valence-electron chi connectivity index (χ0n) is 15.2. The van der Waals surface area contributed by atoms with Crippen molar-refractivity contribution in [3.05, 3.63) is 23.8 Å². The maximum atomic E-state index is 12.6. The van der Waals surface area contributed by atoms with Gasteiger partial charge in [-0.25, -0.2) is 0 Å². The molecule has 144 valence electrons.